The number of nitrogens with zero attached hydrogens (tertiary/aromatic N) is 1. The van der Waals surface area contributed by atoms with Crippen LogP contribution >= 0.6 is 11.3 Å². The second kappa shape index (κ2) is 3.99. The van der Waals surface area contributed by atoms with E-state index in [4.69, 9.17) is 5.11 Å². The van der Waals surface area contributed by atoms with Gasteiger partial charge in [-0.1, -0.05) is 0 Å². The number of hydrogen-bond donors (Lipinski definition) is 2. The van der Waals surface area contributed by atoms with Crippen molar-refractivity contribution < 1.29 is 14.7 Å². The van der Waals surface area contributed by atoms with E-state index in [2.05, 4.69) is 10.3 Å². The number of carboxylic acids is 1. The van der Waals surface area contributed by atoms with Crippen molar-refractivity contribution in [3.05, 3.63) is 11.1 Å². The average molecular weight is 200 g/mol. The smallest absolute Gasteiger partial charge is 0.312 e. The summed E-state index contributed by atoms with van der Waals surface area (Å²) in [6, 6.07) is 0. The van der Waals surface area contributed by atoms with Gasteiger partial charge in [0.1, 0.15) is 6.42 Å². The highest BCUT2D eigenvalue weighted by Gasteiger charge is 2.08. The fourth-order valence-corrected chi connectivity index (χ4v) is 1.39. The number of carbonyl (C=O) groups is 2. The Morgan fingerprint density at radius 1 is 1.69 bits per heavy atom. The fourth-order valence-electron chi connectivity index (χ4n) is 0.713. The van der Waals surface area contributed by atoms with Gasteiger partial charge < -0.3 is 10.4 Å². The number of aliphatic carboxylic acids is 1. The maximum atomic E-state index is 10.9. The monoisotopic (exact) mass is 200 g/mol. The van der Waals surface area contributed by atoms with Gasteiger partial charge in [0.15, 0.2) is 5.13 Å². The molecule has 0 aliphatic carbocycles. The summed E-state index contributed by atoms with van der Waals surface area (Å²) in [6.45, 7) is 1.85. The van der Waals surface area contributed by atoms with Crippen molar-refractivity contribution in [2.45, 2.75) is 13.3 Å². The Morgan fingerprint density at radius 3 is 2.85 bits per heavy atom. The quantitative estimate of drug-likeness (QED) is 0.709. The van der Waals surface area contributed by atoms with Gasteiger partial charge in [-0.05, 0) is 6.92 Å². The second-order valence-corrected chi connectivity index (χ2v) is 3.63. The van der Waals surface area contributed by atoms with E-state index < -0.39 is 18.3 Å². The summed E-state index contributed by atoms with van der Waals surface area (Å²) in [6.07, 6.45) is 1.08. The van der Waals surface area contributed by atoms with Gasteiger partial charge in [0, 0.05) is 11.1 Å². The molecular formula is C7H8N2O3S. The largest absolute Gasteiger partial charge is 0.481 e. The van der Waals surface area contributed by atoms with Gasteiger partial charge in [0.25, 0.3) is 0 Å². The molecule has 1 rings (SSSR count). The van der Waals surface area contributed by atoms with Crippen LogP contribution in [0.4, 0.5) is 5.13 Å². The molecular weight excluding hydrogens is 192 g/mol. The maximum absolute atomic E-state index is 10.9. The highest BCUT2D eigenvalue weighted by molar-refractivity contribution is 7.15. The molecule has 0 aliphatic heterocycles. The number of carboxylic acid groups (broad SMARTS) is 1. The van der Waals surface area contributed by atoms with Crippen molar-refractivity contribution in [3.8, 4) is 0 Å². The summed E-state index contributed by atoms with van der Waals surface area (Å²) in [5.41, 5.74) is 0. The van der Waals surface area contributed by atoms with Crippen molar-refractivity contribution >= 4 is 28.3 Å². The fraction of sp³-hybridized carbons (Fsp3) is 0.286. The lowest BCUT2D eigenvalue weighted by molar-refractivity contribution is -0.139. The Balaban J connectivity index is 2.50. The van der Waals surface area contributed by atoms with Crippen LogP contribution in [0.1, 0.15) is 11.3 Å². The number of aromatic nitrogens is 1. The lowest BCUT2D eigenvalue weighted by Gasteiger charge is -1.96. The standard InChI is InChI=1S/C7H8N2O3S/c1-4-3-8-7(13-4)9-5(10)2-6(11)12/h3H,2H2,1H3,(H,11,12)(H,8,9,10). The molecule has 1 aromatic rings. The van der Waals surface area contributed by atoms with Crippen LogP contribution in [0.3, 0.4) is 0 Å². The maximum Gasteiger partial charge on any atom is 0.312 e. The Hall–Kier alpha value is -1.43. The first-order valence-corrected chi connectivity index (χ1v) is 4.33. The zero-order chi connectivity index (χ0) is 9.84. The highest BCUT2D eigenvalue weighted by atomic mass is 32.1. The third kappa shape index (κ3) is 3.20. The first-order valence-electron chi connectivity index (χ1n) is 3.52. The van der Waals surface area contributed by atoms with E-state index in [0.717, 1.165) is 4.88 Å². The van der Waals surface area contributed by atoms with E-state index in [1.807, 2.05) is 6.92 Å². The molecule has 0 spiro atoms. The molecule has 0 aromatic carbocycles. The SMILES string of the molecule is Cc1cnc(NC(=O)CC(=O)O)s1. The van der Waals surface area contributed by atoms with E-state index in [1.165, 1.54) is 11.3 Å². The molecule has 0 radical (unpaired) electrons. The van der Waals surface area contributed by atoms with Gasteiger partial charge in [-0.25, -0.2) is 4.98 Å². The van der Waals surface area contributed by atoms with Crippen LogP contribution in [0.15, 0.2) is 6.20 Å². The molecule has 1 aromatic heterocycles. The normalized spacial score (nSPS) is 9.62. The number of rotatable bonds is 3. The zero-order valence-corrected chi connectivity index (χ0v) is 7.72. The number of aryl methyl sites for hydroxylation is 1. The summed E-state index contributed by atoms with van der Waals surface area (Å²) in [5, 5.41) is 11.1. The molecule has 0 saturated carbocycles. The molecule has 6 heteroatoms. The number of carbonyl (C=O) groups excluding carboxylic acids is 1. The summed E-state index contributed by atoms with van der Waals surface area (Å²) in [5.74, 6) is -1.70. The lowest BCUT2D eigenvalue weighted by Crippen LogP contribution is -2.15. The minimum absolute atomic E-state index is 0.434. The molecule has 70 valence electrons. The van der Waals surface area contributed by atoms with Crippen LogP contribution in [0.5, 0.6) is 0 Å². The first-order chi connectivity index (χ1) is 6.08. The molecule has 1 heterocycles. The van der Waals surface area contributed by atoms with Crippen molar-refractivity contribution in [2.24, 2.45) is 0 Å². The molecule has 2 N–H and O–H groups in total. The van der Waals surface area contributed by atoms with E-state index in [-0.39, 0.29) is 0 Å². The summed E-state index contributed by atoms with van der Waals surface area (Å²) in [7, 11) is 0. The first kappa shape index (κ1) is 9.66. The highest BCUT2D eigenvalue weighted by Crippen LogP contribution is 2.16. The molecule has 1 amide bonds. The Bertz CT molecular complexity index is 334. The van der Waals surface area contributed by atoms with Gasteiger partial charge in [-0.15, -0.1) is 11.3 Å². The van der Waals surface area contributed by atoms with E-state index >= 15 is 0 Å². The van der Waals surface area contributed by atoms with E-state index in [9.17, 15) is 9.59 Å². The third-order valence-corrected chi connectivity index (χ3v) is 2.01. The van der Waals surface area contributed by atoms with Gasteiger partial charge in [0.2, 0.25) is 5.91 Å². The molecule has 5 nitrogen and oxygen atoms in total. The number of nitrogens with one attached hydrogen (secondary N) is 1. The van der Waals surface area contributed by atoms with Gasteiger partial charge >= 0.3 is 5.97 Å². The number of anilines is 1. The summed E-state index contributed by atoms with van der Waals surface area (Å²) >= 11 is 1.31. The third-order valence-electron chi connectivity index (χ3n) is 1.18. The molecule has 13 heavy (non-hydrogen) atoms. The molecule has 0 saturated heterocycles. The van der Waals surface area contributed by atoms with Crippen molar-refractivity contribution in [2.75, 3.05) is 5.32 Å². The lowest BCUT2D eigenvalue weighted by atomic mass is 10.4. The minimum atomic E-state index is -1.15. The van der Waals surface area contributed by atoms with Crippen LogP contribution in [0, 0.1) is 6.92 Å². The van der Waals surface area contributed by atoms with Crippen molar-refractivity contribution in [1.29, 1.82) is 0 Å². The molecule has 0 bridgehead atoms. The predicted octanol–water partition coefficient (Wildman–Crippen LogP) is 0.865. The molecule has 0 fully saturated rings. The van der Waals surface area contributed by atoms with Crippen LogP contribution in [-0.4, -0.2) is 22.0 Å². The average Bonchev–Trinajstić information content (AvgIpc) is 2.33. The van der Waals surface area contributed by atoms with Crippen LogP contribution in [-0.2, 0) is 9.59 Å². The number of amides is 1. The Morgan fingerprint density at radius 2 is 2.38 bits per heavy atom. The van der Waals surface area contributed by atoms with Crippen LogP contribution in [0.2, 0.25) is 0 Å². The van der Waals surface area contributed by atoms with Gasteiger partial charge in [0.05, 0.1) is 0 Å². The van der Waals surface area contributed by atoms with Gasteiger partial charge in [-0.2, -0.15) is 0 Å². The van der Waals surface area contributed by atoms with Crippen LogP contribution in [0.25, 0.3) is 0 Å². The topological polar surface area (TPSA) is 79.3 Å². The van der Waals surface area contributed by atoms with Crippen LogP contribution < -0.4 is 5.32 Å². The number of thiazole rings is 1. The Kier molecular flexibility index (Phi) is 2.97. The Labute approximate surface area is 78.4 Å². The molecule has 0 atom stereocenters. The second-order valence-electron chi connectivity index (χ2n) is 2.39. The zero-order valence-electron chi connectivity index (χ0n) is 6.90. The molecule has 0 unspecified atom stereocenters. The predicted molar refractivity (Wildman–Crippen MR) is 47.7 cm³/mol. The van der Waals surface area contributed by atoms with Crippen molar-refractivity contribution in [1.82, 2.24) is 4.98 Å². The number of hydrogen-bond acceptors (Lipinski definition) is 4. The summed E-state index contributed by atoms with van der Waals surface area (Å²) < 4.78 is 0. The summed E-state index contributed by atoms with van der Waals surface area (Å²) in [4.78, 5) is 25.9. The van der Waals surface area contributed by atoms with Gasteiger partial charge in [-0.3, -0.25) is 9.59 Å². The van der Waals surface area contributed by atoms with E-state index in [0.29, 0.717) is 5.13 Å². The molecule has 0 aliphatic rings. The van der Waals surface area contributed by atoms with E-state index in [1.54, 1.807) is 6.20 Å². The van der Waals surface area contributed by atoms with Crippen molar-refractivity contribution in [3.63, 3.8) is 0 Å². The minimum Gasteiger partial charge on any atom is -0.481 e.